The molecule has 1 amide bonds. The Kier molecular flexibility index (Phi) is 5.23. The molecule has 6 nitrogen and oxygen atoms in total. The van der Waals surface area contributed by atoms with Gasteiger partial charge in [0.25, 0.3) is 5.56 Å². The molecule has 142 valence electrons. The van der Waals surface area contributed by atoms with Crippen molar-refractivity contribution in [1.29, 1.82) is 0 Å². The maximum atomic E-state index is 13.1. The fraction of sp³-hybridized carbons (Fsp3) is 0.150. The van der Waals surface area contributed by atoms with Gasteiger partial charge < -0.3 is 9.64 Å². The normalized spacial score (nSPS) is 10.9. The number of anilines is 1. The van der Waals surface area contributed by atoms with E-state index in [-0.39, 0.29) is 18.0 Å². The van der Waals surface area contributed by atoms with Gasteiger partial charge in [-0.3, -0.25) is 14.2 Å². The van der Waals surface area contributed by atoms with Crippen molar-refractivity contribution in [2.75, 3.05) is 12.0 Å². The van der Waals surface area contributed by atoms with Crippen molar-refractivity contribution >= 4 is 44.5 Å². The van der Waals surface area contributed by atoms with Crippen LogP contribution in [0.5, 0.6) is 5.75 Å². The number of thiophene rings is 2. The first kappa shape index (κ1) is 18.4. The van der Waals surface area contributed by atoms with Crippen molar-refractivity contribution < 1.29 is 9.53 Å². The smallest absolute Gasteiger partial charge is 0.262 e. The lowest BCUT2D eigenvalue weighted by atomic mass is 10.2. The highest BCUT2D eigenvalue weighted by atomic mass is 32.1. The van der Waals surface area contributed by atoms with Gasteiger partial charge in [-0.05, 0) is 47.2 Å². The Morgan fingerprint density at radius 1 is 1.14 bits per heavy atom. The molecule has 0 atom stereocenters. The van der Waals surface area contributed by atoms with Crippen molar-refractivity contribution in [2.45, 2.75) is 13.1 Å². The minimum Gasteiger partial charge on any atom is -0.497 e. The summed E-state index contributed by atoms with van der Waals surface area (Å²) in [7, 11) is 1.60. The number of nitrogens with zero attached hydrogens (tertiary/aromatic N) is 3. The summed E-state index contributed by atoms with van der Waals surface area (Å²) in [5.41, 5.74) is 0.544. The third kappa shape index (κ3) is 3.69. The first-order chi connectivity index (χ1) is 13.7. The summed E-state index contributed by atoms with van der Waals surface area (Å²) in [5.74, 6) is 0.535. The van der Waals surface area contributed by atoms with Crippen molar-refractivity contribution in [3.8, 4) is 5.75 Å². The molecule has 0 aliphatic heterocycles. The van der Waals surface area contributed by atoms with Gasteiger partial charge in [0.05, 0.1) is 25.4 Å². The molecular weight excluding hydrogens is 394 g/mol. The number of amides is 1. The Morgan fingerprint density at radius 3 is 2.68 bits per heavy atom. The molecule has 0 bridgehead atoms. The predicted octanol–water partition coefficient (Wildman–Crippen LogP) is 3.76. The first-order valence-electron chi connectivity index (χ1n) is 8.55. The SMILES string of the molecule is COc1ccc(N(Cc2cccs2)C(=O)Cn2cnc3sccc3c2=O)cc1. The second kappa shape index (κ2) is 7.95. The molecule has 0 radical (unpaired) electrons. The average Bonchev–Trinajstić information content (AvgIpc) is 3.40. The summed E-state index contributed by atoms with van der Waals surface area (Å²) < 4.78 is 6.57. The molecule has 3 heterocycles. The zero-order chi connectivity index (χ0) is 19.5. The van der Waals surface area contributed by atoms with Crippen molar-refractivity contribution in [2.24, 2.45) is 0 Å². The van der Waals surface area contributed by atoms with E-state index >= 15 is 0 Å². The van der Waals surface area contributed by atoms with E-state index in [0.717, 1.165) is 16.3 Å². The Hall–Kier alpha value is -2.97. The lowest BCUT2D eigenvalue weighted by Crippen LogP contribution is -2.36. The van der Waals surface area contributed by atoms with Crippen LogP contribution >= 0.6 is 22.7 Å². The Labute approximate surface area is 169 Å². The number of carbonyl (C=O) groups is 1. The predicted molar refractivity (Wildman–Crippen MR) is 112 cm³/mol. The highest BCUT2D eigenvalue weighted by Gasteiger charge is 2.19. The number of rotatable bonds is 6. The summed E-state index contributed by atoms with van der Waals surface area (Å²) in [6, 6.07) is 13.0. The molecule has 0 spiro atoms. The molecular formula is C20H17N3O3S2. The van der Waals surface area contributed by atoms with E-state index in [4.69, 9.17) is 4.74 Å². The number of fused-ring (bicyclic) bond motifs is 1. The van der Waals surface area contributed by atoms with Gasteiger partial charge in [0.15, 0.2) is 0 Å². The highest BCUT2D eigenvalue weighted by molar-refractivity contribution is 7.16. The first-order valence-corrected chi connectivity index (χ1v) is 10.3. The third-order valence-corrected chi connectivity index (χ3v) is 6.02. The van der Waals surface area contributed by atoms with Gasteiger partial charge in [0.1, 0.15) is 17.1 Å². The standard InChI is InChI=1S/C20H17N3O3S2/c1-26-15-6-4-14(5-7-15)23(11-16-3-2-9-27-16)18(24)12-22-13-21-19-17(20(22)25)8-10-28-19/h2-10,13H,11-12H2,1H3. The Bertz CT molecular complexity index is 1150. The lowest BCUT2D eigenvalue weighted by molar-refractivity contribution is -0.119. The zero-order valence-electron chi connectivity index (χ0n) is 15.1. The van der Waals surface area contributed by atoms with E-state index in [1.165, 1.54) is 22.2 Å². The quantitative estimate of drug-likeness (QED) is 0.485. The van der Waals surface area contributed by atoms with E-state index in [1.807, 2.05) is 47.2 Å². The van der Waals surface area contributed by atoms with Crippen LogP contribution in [0.2, 0.25) is 0 Å². The molecule has 0 unspecified atom stereocenters. The molecule has 4 rings (SSSR count). The molecule has 0 aliphatic rings. The summed E-state index contributed by atoms with van der Waals surface area (Å²) in [4.78, 5) is 33.5. The van der Waals surface area contributed by atoms with Gasteiger partial charge in [-0.2, -0.15) is 0 Å². The van der Waals surface area contributed by atoms with Gasteiger partial charge in [0, 0.05) is 10.6 Å². The largest absolute Gasteiger partial charge is 0.497 e. The number of hydrogen-bond acceptors (Lipinski definition) is 6. The molecule has 0 saturated carbocycles. The van der Waals surface area contributed by atoms with Crippen LogP contribution in [0.1, 0.15) is 4.88 Å². The van der Waals surface area contributed by atoms with E-state index < -0.39 is 0 Å². The van der Waals surface area contributed by atoms with Crippen LogP contribution in [0.25, 0.3) is 10.2 Å². The van der Waals surface area contributed by atoms with Gasteiger partial charge in [0.2, 0.25) is 5.91 Å². The number of aromatic nitrogens is 2. The van der Waals surface area contributed by atoms with E-state index in [2.05, 4.69) is 4.98 Å². The summed E-state index contributed by atoms with van der Waals surface area (Å²) in [6.07, 6.45) is 1.44. The fourth-order valence-corrected chi connectivity index (χ4v) is 4.30. The highest BCUT2D eigenvalue weighted by Crippen LogP contribution is 2.23. The summed E-state index contributed by atoms with van der Waals surface area (Å²) >= 11 is 2.99. The van der Waals surface area contributed by atoms with Gasteiger partial charge in [-0.15, -0.1) is 22.7 Å². The van der Waals surface area contributed by atoms with E-state index in [0.29, 0.717) is 16.8 Å². The van der Waals surface area contributed by atoms with Crippen LogP contribution in [0.3, 0.4) is 0 Å². The molecule has 3 aromatic heterocycles. The number of carbonyl (C=O) groups excluding carboxylic acids is 1. The maximum absolute atomic E-state index is 13.1. The number of methoxy groups -OCH3 is 1. The van der Waals surface area contributed by atoms with Crippen LogP contribution < -0.4 is 15.2 Å². The number of ether oxygens (including phenoxy) is 1. The fourth-order valence-electron chi connectivity index (χ4n) is 2.88. The summed E-state index contributed by atoms with van der Waals surface area (Å²) in [5, 5.41) is 4.34. The van der Waals surface area contributed by atoms with Crippen molar-refractivity contribution in [3.05, 3.63) is 74.8 Å². The van der Waals surface area contributed by atoms with Crippen LogP contribution in [-0.2, 0) is 17.9 Å². The van der Waals surface area contributed by atoms with Crippen molar-refractivity contribution in [1.82, 2.24) is 9.55 Å². The Balaban J connectivity index is 1.65. The topological polar surface area (TPSA) is 64.4 Å². The van der Waals surface area contributed by atoms with Gasteiger partial charge >= 0.3 is 0 Å². The number of benzene rings is 1. The van der Waals surface area contributed by atoms with Crippen LogP contribution in [0.4, 0.5) is 5.69 Å². The van der Waals surface area contributed by atoms with Crippen molar-refractivity contribution in [3.63, 3.8) is 0 Å². The molecule has 0 N–H and O–H groups in total. The minimum absolute atomic E-state index is 0.0744. The molecule has 0 fully saturated rings. The average molecular weight is 412 g/mol. The molecule has 28 heavy (non-hydrogen) atoms. The molecule has 4 aromatic rings. The molecule has 0 saturated heterocycles. The monoisotopic (exact) mass is 411 g/mol. The van der Waals surface area contributed by atoms with Crippen LogP contribution in [-0.4, -0.2) is 22.6 Å². The van der Waals surface area contributed by atoms with E-state index in [1.54, 1.807) is 29.4 Å². The summed E-state index contributed by atoms with van der Waals surface area (Å²) in [6.45, 7) is 0.362. The maximum Gasteiger partial charge on any atom is 0.262 e. The molecule has 0 aliphatic carbocycles. The third-order valence-electron chi connectivity index (χ3n) is 4.34. The number of hydrogen-bond donors (Lipinski definition) is 0. The second-order valence-electron chi connectivity index (χ2n) is 6.07. The van der Waals surface area contributed by atoms with Crippen LogP contribution in [0, 0.1) is 0 Å². The molecule has 1 aromatic carbocycles. The second-order valence-corrected chi connectivity index (χ2v) is 8.00. The molecule has 8 heteroatoms. The lowest BCUT2D eigenvalue weighted by Gasteiger charge is -2.23. The Morgan fingerprint density at radius 2 is 1.96 bits per heavy atom. The van der Waals surface area contributed by atoms with Crippen LogP contribution in [0.15, 0.2) is 64.3 Å². The zero-order valence-corrected chi connectivity index (χ0v) is 16.7. The van der Waals surface area contributed by atoms with E-state index in [9.17, 15) is 9.59 Å². The van der Waals surface area contributed by atoms with Gasteiger partial charge in [-0.25, -0.2) is 4.98 Å². The minimum atomic E-state index is -0.203. The van der Waals surface area contributed by atoms with Gasteiger partial charge in [-0.1, -0.05) is 6.07 Å².